The van der Waals surface area contributed by atoms with Crippen LogP contribution in [0.1, 0.15) is 25.7 Å². The van der Waals surface area contributed by atoms with Crippen LogP contribution < -0.4 is 10.5 Å². The molecule has 0 aliphatic carbocycles. The number of rotatable bonds is 2. The van der Waals surface area contributed by atoms with Gasteiger partial charge >= 0.3 is 0 Å². The van der Waals surface area contributed by atoms with E-state index in [9.17, 15) is 9.90 Å². The molecular weight excluding hydrogens is 252 g/mol. The van der Waals surface area contributed by atoms with Crippen LogP contribution in [0, 0.1) is 0 Å². The summed E-state index contributed by atoms with van der Waals surface area (Å²) < 4.78 is 0. The van der Waals surface area contributed by atoms with Gasteiger partial charge in [0.05, 0.1) is 12.6 Å². The standard InChI is InChI=1S/C16H20N2O2/c19-11-13-7-2-1-5-9-18(13)15-10-12-6-3-4-8-14(12)16(20)17-15/h3-4,6,8,10,13,19H,1-2,5,7,9,11H2,(H,17,20). The second-order valence-corrected chi connectivity index (χ2v) is 5.45. The van der Waals surface area contributed by atoms with Gasteiger partial charge in [-0.3, -0.25) is 4.79 Å². The molecule has 0 spiro atoms. The minimum Gasteiger partial charge on any atom is -0.394 e. The van der Waals surface area contributed by atoms with Crippen LogP contribution in [-0.2, 0) is 0 Å². The molecule has 1 aliphatic rings. The van der Waals surface area contributed by atoms with Gasteiger partial charge in [-0.05, 0) is 30.4 Å². The molecule has 1 fully saturated rings. The van der Waals surface area contributed by atoms with Crippen molar-refractivity contribution in [1.82, 2.24) is 4.98 Å². The lowest BCUT2D eigenvalue weighted by molar-refractivity contribution is 0.254. The minimum atomic E-state index is -0.0564. The van der Waals surface area contributed by atoms with Crippen molar-refractivity contribution in [2.45, 2.75) is 31.7 Å². The Morgan fingerprint density at radius 2 is 2.10 bits per heavy atom. The largest absolute Gasteiger partial charge is 0.394 e. The number of hydrogen-bond acceptors (Lipinski definition) is 3. The maximum atomic E-state index is 12.2. The Labute approximate surface area is 118 Å². The van der Waals surface area contributed by atoms with Gasteiger partial charge in [0.25, 0.3) is 5.56 Å². The number of hydrogen-bond donors (Lipinski definition) is 2. The molecule has 4 nitrogen and oxygen atoms in total. The van der Waals surface area contributed by atoms with Gasteiger partial charge < -0.3 is 15.0 Å². The number of fused-ring (bicyclic) bond motifs is 1. The van der Waals surface area contributed by atoms with Crippen molar-refractivity contribution in [1.29, 1.82) is 0 Å². The monoisotopic (exact) mass is 272 g/mol. The summed E-state index contributed by atoms with van der Waals surface area (Å²) in [6, 6.07) is 9.74. The molecule has 1 saturated heterocycles. The molecule has 1 aromatic heterocycles. The maximum absolute atomic E-state index is 12.2. The summed E-state index contributed by atoms with van der Waals surface area (Å²) in [5.74, 6) is 0.828. The Kier molecular flexibility index (Phi) is 3.74. The van der Waals surface area contributed by atoms with Gasteiger partial charge in [-0.25, -0.2) is 0 Å². The summed E-state index contributed by atoms with van der Waals surface area (Å²) in [6.45, 7) is 1.02. The van der Waals surface area contributed by atoms with E-state index in [2.05, 4.69) is 9.88 Å². The van der Waals surface area contributed by atoms with Crippen LogP contribution in [0.5, 0.6) is 0 Å². The molecule has 106 valence electrons. The third kappa shape index (κ3) is 2.43. The number of aliphatic hydroxyl groups is 1. The second kappa shape index (κ2) is 5.67. The van der Waals surface area contributed by atoms with Gasteiger partial charge in [0, 0.05) is 11.9 Å². The van der Waals surface area contributed by atoms with E-state index in [4.69, 9.17) is 0 Å². The number of anilines is 1. The highest BCUT2D eigenvalue weighted by atomic mass is 16.3. The molecule has 4 heteroatoms. The predicted molar refractivity (Wildman–Crippen MR) is 81.3 cm³/mol. The first-order valence-electron chi connectivity index (χ1n) is 7.29. The average molecular weight is 272 g/mol. The van der Waals surface area contributed by atoms with Crippen LogP contribution >= 0.6 is 0 Å². The van der Waals surface area contributed by atoms with Crippen LogP contribution in [-0.4, -0.2) is 29.3 Å². The number of aliphatic hydroxyl groups excluding tert-OH is 1. The van der Waals surface area contributed by atoms with Crippen molar-refractivity contribution in [2.24, 2.45) is 0 Å². The van der Waals surface area contributed by atoms with Crippen molar-refractivity contribution >= 4 is 16.6 Å². The molecule has 2 heterocycles. The van der Waals surface area contributed by atoms with Gasteiger partial charge in [0.1, 0.15) is 5.82 Å². The number of aromatic nitrogens is 1. The molecule has 0 saturated carbocycles. The van der Waals surface area contributed by atoms with Gasteiger partial charge in [0.15, 0.2) is 0 Å². The molecule has 0 radical (unpaired) electrons. The number of aromatic amines is 1. The van der Waals surface area contributed by atoms with Gasteiger partial charge in [-0.2, -0.15) is 0 Å². The number of H-pyrrole nitrogens is 1. The van der Waals surface area contributed by atoms with E-state index in [-0.39, 0.29) is 18.2 Å². The van der Waals surface area contributed by atoms with E-state index in [0.717, 1.165) is 37.0 Å². The third-order valence-electron chi connectivity index (χ3n) is 4.14. The molecule has 20 heavy (non-hydrogen) atoms. The first-order valence-corrected chi connectivity index (χ1v) is 7.29. The zero-order valence-corrected chi connectivity index (χ0v) is 11.5. The zero-order valence-electron chi connectivity index (χ0n) is 11.5. The Bertz CT molecular complexity index is 650. The van der Waals surface area contributed by atoms with Gasteiger partial charge in [0.2, 0.25) is 0 Å². The fourth-order valence-corrected chi connectivity index (χ4v) is 3.04. The molecule has 1 aromatic carbocycles. The quantitative estimate of drug-likeness (QED) is 0.881. The smallest absolute Gasteiger partial charge is 0.257 e. The van der Waals surface area contributed by atoms with Crippen molar-refractivity contribution in [3.05, 3.63) is 40.7 Å². The lowest BCUT2D eigenvalue weighted by Crippen LogP contribution is -2.38. The first-order chi connectivity index (χ1) is 9.79. The van der Waals surface area contributed by atoms with Crippen LogP contribution in [0.2, 0.25) is 0 Å². The van der Waals surface area contributed by atoms with E-state index in [0.29, 0.717) is 5.39 Å². The summed E-state index contributed by atoms with van der Waals surface area (Å²) in [7, 11) is 0. The molecule has 2 aromatic rings. The molecular formula is C16H20N2O2. The number of nitrogens with one attached hydrogen (secondary N) is 1. The maximum Gasteiger partial charge on any atom is 0.257 e. The SMILES string of the molecule is O=c1[nH]c(N2CCCCCC2CO)cc2ccccc12. The molecule has 1 aliphatic heterocycles. The van der Waals surface area contributed by atoms with Crippen LogP contribution in [0.15, 0.2) is 35.1 Å². The molecule has 3 rings (SSSR count). The highest BCUT2D eigenvalue weighted by Gasteiger charge is 2.21. The van der Waals surface area contributed by atoms with E-state index in [1.54, 1.807) is 0 Å². The van der Waals surface area contributed by atoms with Gasteiger partial charge in [-0.1, -0.05) is 31.0 Å². The Hall–Kier alpha value is -1.81. The Morgan fingerprint density at radius 1 is 1.25 bits per heavy atom. The topological polar surface area (TPSA) is 56.3 Å². The molecule has 2 N–H and O–H groups in total. The van der Waals surface area contributed by atoms with Crippen LogP contribution in [0.25, 0.3) is 10.8 Å². The lowest BCUT2D eigenvalue weighted by Gasteiger charge is -2.30. The first kappa shape index (κ1) is 13.2. The Morgan fingerprint density at radius 3 is 2.95 bits per heavy atom. The number of pyridine rings is 1. The van der Waals surface area contributed by atoms with E-state index < -0.39 is 0 Å². The van der Waals surface area contributed by atoms with Gasteiger partial charge in [-0.15, -0.1) is 0 Å². The average Bonchev–Trinajstić information content (AvgIpc) is 2.72. The van der Waals surface area contributed by atoms with E-state index >= 15 is 0 Å². The minimum absolute atomic E-state index is 0.0564. The van der Waals surface area contributed by atoms with E-state index in [1.807, 2.05) is 30.3 Å². The van der Waals surface area contributed by atoms with Crippen molar-refractivity contribution in [3.63, 3.8) is 0 Å². The third-order valence-corrected chi connectivity index (χ3v) is 4.14. The van der Waals surface area contributed by atoms with Crippen LogP contribution in [0.3, 0.4) is 0 Å². The summed E-state index contributed by atoms with van der Waals surface area (Å²) in [5.41, 5.74) is -0.0564. The summed E-state index contributed by atoms with van der Waals surface area (Å²) in [6.07, 6.45) is 4.40. The second-order valence-electron chi connectivity index (χ2n) is 5.45. The van der Waals surface area contributed by atoms with Crippen LogP contribution in [0.4, 0.5) is 5.82 Å². The molecule has 0 amide bonds. The Balaban J connectivity index is 2.05. The molecule has 0 bridgehead atoms. The fraction of sp³-hybridized carbons (Fsp3) is 0.438. The fourth-order valence-electron chi connectivity index (χ4n) is 3.04. The summed E-state index contributed by atoms with van der Waals surface area (Å²) in [4.78, 5) is 17.3. The lowest BCUT2D eigenvalue weighted by atomic mass is 10.1. The zero-order chi connectivity index (χ0) is 13.9. The summed E-state index contributed by atoms with van der Waals surface area (Å²) >= 11 is 0. The number of nitrogens with zero attached hydrogens (tertiary/aromatic N) is 1. The normalized spacial score (nSPS) is 20.1. The summed E-state index contributed by atoms with van der Waals surface area (Å²) in [5, 5.41) is 11.3. The highest BCUT2D eigenvalue weighted by molar-refractivity contribution is 5.83. The van der Waals surface area contributed by atoms with Crippen molar-refractivity contribution < 1.29 is 5.11 Å². The molecule has 1 unspecified atom stereocenters. The van der Waals surface area contributed by atoms with E-state index in [1.165, 1.54) is 6.42 Å². The van der Waals surface area contributed by atoms with Crippen molar-refractivity contribution in [2.75, 3.05) is 18.1 Å². The van der Waals surface area contributed by atoms with Crippen molar-refractivity contribution in [3.8, 4) is 0 Å². The number of benzene rings is 1. The predicted octanol–water partition coefficient (Wildman–Crippen LogP) is 2.27. The molecule has 1 atom stereocenters. The highest BCUT2D eigenvalue weighted by Crippen LogP contribution is 2.23.